The molecule has 0 bridgehead atoms. The van der Waals surface area contributed by atoms with E-state index in [0.29, 0.717) is 6.54 Å². The zero-order valence-electron chi connectivity index (χ0n) is 5.44. The first-order chi connectivity index (χ1) is 3.91. The van der Waals surface area contributed by atoms with Crippen LogP contribution in [0.2, 0.25) is 0 Å². The molecular formula is C6H14NO. The normalized spacial score (nSPS) is 9.75. The zero-order chi connectivity index (χ0) is 6.24. The molecule has 0 heterocycles. The van der Waals surface area contributed by atoms with Crippen molar-refractivity contribution in [3.8, 4) is 0 Å². The fourth-order valence-corrected chi connectivity index (χ4v) is 0.473. The van der Waals surface area contributed by atoms with E-state index < -0.39 is 0 Å². The molecule has 49 valence electrons. The molecule has 0 atom stereocenters. The number of hydrogen-bond donors (Lipinski definition) is 0. The van der Waals surface area contributed by atoms with Crippen molar-refractivity contribution in [3.63, 3.8) is 0 Å². The van der Waals surface area contributed by atoms with Crippen LogP contribution in [-0.4, -0.2) is 19.8 Å². The van der Waals surface area contributed by atoms with Gasteiger partial charge in [0.05, 0.1) is 0 Å². The first-order valence-corrected chi connectivity index (χ1v) is 3.14. The van der Waals surface area contributed by atoms with E-state index in [1.807, 2.05) is 6.92 Å². The van der Waals surface area contributed by atoms with Crippen molar-refractivity contribution in [3.05, 3.63) is 0 Å². The van der Waals surface area contributed by atoms with Gasteiger partial charge in [-0.25, -0.2) is 0 Å². The quantitative estimate of drug-likeness (QED) is 0.495. The monoisotopic (exact) mass is 116 g/mol. The van der Waals surface area contributed by atoms with Crippen LogP contribution in [0.25, 0.3) is 0 Å². The minimum absolute atomic E-state index is 0.535. The minimum atomic E-state index is 0.535. The van der Waals surface area contributed by atoms with E-state index in [9.17, 15) is 0 Å². The van der Waals surface area contributed by atoms with Gasteiger partial charge in [0.25, 0.3) is 0 Å². The number of unbranched alkanes of at least 4 members (excludes halogenated alkanes) is 1. The van der Waals surface area contributed by atoms with Crippen LogP contribution in [0.15, 0.2) is 0 Å². The standard InChI is InChI=1S/C6H14NO/c1-2-8-6-4-3-5-7/h7H,2-6H2,1H3. The van der Waals surface area contributed by atoms with Crippen LogP contribution in [0.3, 0.4) is 0 Å². The minimum Gasteiger partial charge on any atom is -0.382 e. The molecule has 0 rings (SSSR count). The van der Waals surface area contributed by atoms with Gasteiger partial charge in [0.1, 0.15) is 0 Å². The number of nitrogens with one attached hydrogen (secondary N) is 1. The zero-order valence-corrected chi connectivity index (χ0v) is 5.44. The highest BCUT2D eigenvalue weighted by molar-refractivity contribution is 4.36. The summed E-state index contributed by atoms with van der Waals surface area (Å²) in [7, 11) is 0. The van der Waals surface area contributed by atoms with Gasteiger partial charge in [-0.3, -0.25) is 5.73 Å². The second kappa shape index (κ2) is 6.92. The highest BCUT2D eigenvalue weighted by atomic mass is 16.5. The predicted molar refractivity (Wildman–Crippen MR) is 33.7 cm³/mol. The van der Waals surface area contributed by atoms with Crippen molar-refractivity contribution in [2.75, 3.05) is 19.8 Å². The van der Waals surface area contributed by atoms with Crippen molar-refractivity contribution >= 4 is 0 Å². The Bertz CT molecular complexity index is 33.5. The molecule has 0 unspecified atom stereocenters. The highest BCUT2D eigenvalue weighted by Crippen LogP contribution is 1.86. The van der Waals surface area contributed by atoms with E-state index in [2.05, 4.69) is 0 Å². The molecule has 8 heavy (non-hydrogen) atoms. The van der Waals surface area contributed by atoms with Gasteiger partial charge in [-0.1, -0.05) is 0 Å². The molecular weight excluding hydrogens is 102 g/mol. The van der Waals surface area contributed by atoms with Crippen molar-refractivity contribution in [2.45, 2.75) is 19.8 Å². The Labute approximate surface area is 51.0 Å². The van der Waals surface area contributed by atoms with Crippen LogP contribution in [0.5, 0.6) is 0 Å². The van der Waals surface area contributed by atoms with E-state index in [0.717, 1.165) is 26.1 Å². The Morgan fingerprint density at radius 2 is 2.12 bits per heavy atom. The maximum absolute atomic E-state index is 6.78. The third kappa shape index (κ3) is 5.92. The largest absolute Gasteiger partial charge is 0.382 e. The van der Waals surface area contributed by atoms with Gasteiger partial charge in [-0.2, -0.15) is 0 Å². The molecule has 0 spiro atoms. The molecule has 0 saturated carbocycles. The maximum atomic E-state index is 6.78. The second-order valence-electron chi connectivity index (χ2n) is 1.65. The Kier molecular flexibility index (Phi) is 6.85. The molecule has 0 aromatic carbocycles. The lowest BCUT2D eigenvalue weighted by molar-refractivity contribution is 0.144. The summed E-state index contributed by atoms with van der Waals surface area (Å²) >= 11 is 0. The Hall–Kier alpha value is -0.0800. The van der Waals surface area contributed by atoms with E-state index in [1.165, 1.54) is 0 Å². The van der Waals surface area contributed by atoms with Gasteiger partial charge >= 0.3 is 0 Å². The molecule has 0 aliphatic carbocycles. The molecule has 0 aliphatic rings. The maximum Gasteiger partial charge on any atom is 0.0466 e. The summed E-state index contributed by atoms with van der Waals surface area (Å²) in [5, 5.41) is 0. The third-order valence-electron chi connectivity index (χ3n) is 0.920. The lowest BCUT2D eigenvalue weighted by Crippen LogP contribution is -1.94. The predicted octanol–water partition coefficient (Wildman–Crippen LogP) is 1.09. The van der Waals surface area contributed by atoms with Crippen LogP contribution in [0, 0.1) is 0 Å². The SMILES string of the molecule is CCOCCCC[NH]. The van der Waals surface area contributed by atoms with Crippen LogP contribution < -0.4 is 5.73 Å². The molecule has 1 radical (unpaired) electrons. The van der Waals surface area contributed by atoms with Gasteiger partial charge in [-0.05, 0) is 19.8 Å². The van der Waals surface area contributed by atoms with E-state index >= 15 is 0 Å². The summed E-state index contributed by atoms with van der Waals surface area (Å²) in [6.07, 6.45) is 2.01. The molecule has 0 saturated heterocycles. The van der Waals surface area contributed by atoms with Crippen LogP contribution >= 0.6 is 0 Å². The van der Waals surface area contributed by atoms with E-state index in [1.54, 1.807) is 0 Å². The van der Waals surface area contributed by atoms with Gasteiger partial charge in [-0.15, -0.1) is 0 Å². The van der Waals surface area contributed by atoms with E-state index in [-0.39, 0.29) is 0 Å². The summed E-state index contributed by atoms with van der Waals surface area (Å²) in [6.45, 7) is 4.15. The smallest absolute Gasteiger partial charge is 0.0466 e. The highest BCUT2D eigenvalue weighted by Gasteiger charge is 1.83. The fourth-order valence-electron chi connectivity index (χ4n) is 0.473. The van der Waals surface area contributed by atoms with Gasteiger partial charge in [0, 0.05) is 19.8 Å². The van der Waals surface area contributed by atoms with E-state index in [4.69, 9.17) is 10.5 Å². The number of ether oxygens (including phenoxy) is 1. The molecule has 0 fully saturated rings. The molecule has 0 aromatic heterocycles. The van der Waals surface area contributed by atoms with Crippen LogP contribution in [-0.2, 0) is 4.74 Å². The third-order valence-corrected chi connectivity index (χ3v) is 0.920. The average molecular weight is 116 g/mol. The van der Waals surface area contributed by atoms with Crippen molar-refractivity contribution in [1.82, 2.24) is 5.73 Å². The second-order valence-corrected chi connectivity index (χ2v) is 1.65. The first kappa shape index (κ1) is 7.92. The molecule has 2 nitrogen and oxygen atoms in total. The molecule has 1 N–H and O–H groups in total. The lowest BCUT2D eigenvalue weighted by atomic mass is 10.3. The fraction of sp³-hybridized carbons (Fsp3) is 1.00. The summed E-state index contributed by atoms with van der Waals surface area (Å²) in [4.78, 5) is 0. The molecule has 0 amide bonds. The Morgan fingerprint density at radius 1 is 1.38 bits per heavy atom. The summed E-state index contributed by atoms with van der Waals surface area (Å²) in [6, 6.07) is 0. The summed E-state index contributed by atoms with van der Waals surface area (Å²) < 4.78 is 5.05. The number of rotatable bonds is 5. The summed E-state index contributed by atoms with van der Waals surface area (Å²) in [5.74, 6) is 0. The topological polar surface area (TPSA) is 33.0 Å². The average Bonchev–Trinajstić information content (AvgIpc) is 1.81. The van der Waals surface area contributed by atoms with Gasteiger partial charge in [0.2, 0.25) is 0 Å². The van der Waals surface area contributed by atoms with Gasteiger partial charge < -0.3 is 4.74 Å². The number of hydrogen-bond acceptors (Lipinski definition) is 1. The molecule has 0 aliphatic heterocycles. The van der Waals surface area contributed by atoms with Crippen molar-refractivity contribution in [2.24, 2.45) is 0 Å². The van der Waals surface area contributed by atoms with Crippen molar-refractivity contribution in [1.29, 1.82) is 0 Å². The van der Waals surface area contributed by atoms with Crippen molar-refractivity contribution < 1.29 is 4.74 Å². The first-order valence-electron chi connectivity index (χ1n) is 3.14. The van der Waals surface area contributed by atoms with Crippen LogP contribution in [0.4, 0.5) is 0 Å². The lowest BCUT2D eigenvalue weighted by Gasteiger charge is -1.96. The molecule has 2 heteroatoms. The van der Waals surface area contributed by atoms with Gasteiger partial charge in [0.15, 0.2) is 0 Å². The van der Waals surface area contributed by atoms with Crippen LogP contribution in [0.1, 0.15) is 19.8 Å². The summed E-state index contributed by atoms with van der Waals surface area (Å²) in [5.41, 5.74) is 6.78. The molecule has 0 aromatic rings. The Morgan fingerprint density at radius 3 is 2.62 bits per heavy atom. The Balaban J connectivity index is 2.53.